The molecule has 126 valence electrons. The van der Waals surface area contributed by atoms with Crippen molar-refractivity contribution in [3.05, 3.63) is 91.0 Å². The van der Waals surface area contributed by atoms with Gasteiger partial charge in [-0.2, -0.15) is 0 Å². The SMILES string of the molecule is CN(C#CC#CP(=S)(c1ccccc1)c1ccccc1)c1ccccc1. The number of hydrogen-bond donors (Lipinski definition) is 0. The molecule has 0 saturated heterocycles. The monoisotopic (exact) mass is 371 g/mol. The molecule has 0 unspecified atom stereocenters. The maximum atomic E-state index is 6.06. The lowest BCUT2D eigenvalue weighted by Gasteiger charge is -2.16. The fraction of sp³-hybridized carbons (Fsp3) is 0.0435. The van der Waals surface area contributed by atoms with Crippen molar-refractivity contribution in [2.45, 2.75) is 0 Å². The minimum Gasteiger partial charge on any atom is -0.304 e. The van der Waals surface area contributed by atoms with E-state index in [-0.39, 0.29) is 0 Å². The van der Waals surface area contributed by atoms with E-state index in [1.807, 2.05) is 78.7 Å². The Morgan fingerprint density at radius 3 is 1.65 bits per heavy atom. The lowest BCUT2D eigenvalue weighted by atomic mass is 10.3. The summed E-state index contributed by atoms with van der Waals surface area (Å²) in [6.07, 6.45) is 0. The maximum Gasteiger partial charge on any atom is 0.0789 e. The molecule has 0 radical (unpaired) electrons. The number of para-hydroxylation sites is 1. The van der Waals surface area contributed by atoms with E-state index in [1.165, 1.54) is 0 Å². The molecule has 0 bridgehead atoms. The highest BCUT2D eigenvalue weighted by Crippen LogP contribution is 2.42. The van der Waals surface area contributed by atoms with E-state index >= 15 is 0 Å². The second-order valence-corrected chi connectivity index (χ2v) is 9.77. The zero-order valence-electron chi connectivity index (χ0n) is 14.5. The van der Waals surface area contributed by atoms with Crippen LogP contribution in [0.5, 0.6) is 0 Å². The predicted molar refractivity (Wildman–Crippen MR) is 117 cm³/mol. The van der Waals surface area contributed by atoms with Gasteiger partial charge in [0.15, 0.2) is 0 Å². The summed E-state index contributed by atoms with van der Waals surface area (Å²) in [5.41, 5.74) is 4.35. The molecule has 0 aliphatic rings. The average molecular weight is 371 g/mol. The third-order valence-electron chi connectivity index (χ3n) is 3.88. The summed E-state index contributed by atoms with van der Waals surface area (Å²) in [7, 11) is 1.93. The Kier molecular flexibility index (Phi) is 5.93. The Labute approximate surface area is 160 Å². The van der Waals surface area contributed by atoms with Crippen LogP contribution in [-0.2, 0) is 11.8 Å². The smallest absolute Gasteiger partial charge is 0.0789 e. The van der Waals surface area contributed by atoms with Crippen molar-refractivity contribution in [2.75, 3.05) is 11.9 Å². The van der Waals surface area contributed by atoms with Crippen molar-refractivity contribution >= 4 is 34.1 Å². The summed E-state index contributed by atoms with van der Waals surface area (Å²) in [5, 5.41) is 2.18. The molecule has 3 rings (SSSR count). The van der Waals surface area contributed by atoms with Crippen molar-refractivity contribution in [1.29, 1.82) is 0 Å². The summed E-state index contributed by atoms with van der Waals surface area (Å²) in [4.78, 5) is 1.86. The van der Waals surface area contributed by atoms with E-state index in [0.29, 0.717) is 0 Å². The third kappa shape index (κ3) is 4.25. The molecule has 0 aliphatic heterocycles. The highest BCUT2D eigenvalue weighted by atomic mass is 32.4. The van der Waals surface area contributed by atoms with E-state index in [0.717, 1.165) is 16.3 Å². The van der Waals surface area contributed by atoms with Gasteiger partial charge in [-0.15, -0.1) is 0 Å². The van der Waals surface area contributed by atoms with Crippen molar-refractivity contribution in [1.82, 2.24) is 0 Å². The second kappa shape index (κ2) is 8.55. The van der Waals surface area contributed by atoms with Crippen LogP contribution in [0.3, 0.4) is 0 Å². The fourth-order valence-electron chi connectivity index (χ4n) is 2.49. The van der Waals surface area contributed by atoms with Crippen LogP contribution in [0, 0.1) is 23.5 Å². The van der Waals surface area contributed by atoms with Crippen molar-refractivity contribution < 1.29 is 0 Å². The zero-order chi connectivity index (χ0) is 18.2. The first-order valence-electron chi connectivity index (χ1n) is 8.23. The van der Waals surface area contributed by atoms with E-state index in [4.69, 9.17) is 11.8 Å². The molecule has 3 heteroatoms. The molecule has 1 nitrogen and oxygen atoms in total. The molecule has 0 aliphatic carbocycles. The van der Waals surface area contributed by atoms with Gasteiger partial charge in [-0.3, -0.25) is 0 Å². The van der Waals surface area contributed by atoms with Crippen LogP contribution in [0.25, 0.3) is 0 Å². The van der Waals surface area contributed by atoms with Crippen LogP contribution in [0.15, 0.2) is 91.0 Å². The molecule has 0 saturated carbocycles. The maximum absolute atomic E-state index is 6.06. The highest BCUT2D eigenvalue weighted by Gasteiger charge is 2.19. The Hall–Kier alpha value is -2.77. The topological polar surface area (TPSA) is 3.24 Å². The molecule has 0 heterocycles. The van der Waals surface area contributed by atoms with Gasteiger partial charge < -0.3 is 4.90 Å². The van der Waals surface area contributed by atoms with Gasteiger partial charge in [0, 0.05) is 35.3 Å². The number of anilines is 1. The van der Waals surface area contributed by atoms with Crippen LogP contribution >= 0.6 is 6.04 Å². The van der Waals surface area contributed by atoms with Crippen LogP contribution < -0.4 is 15.5 Å². The quantitative estimate of drug-likeness (QED) is 0.386. The van der Waals surface area contributed by atoms with E-state index in [1.54, 1.807) is 0 Å². The Morgan fingerprint density at radius 1 is 0.692 bits per heavy atom. The van der Waals surface area contributed by atoms with Gasteiger partial charge in [-0.05, 0) is 23.7 Å². The normalized spacial score (nSPS) is 10.0. The summed E-state index contributed by atoms with van der Waals surface area (Å²) >= 11 is 6.06. The van der Waals surface area contributed by atoms with Crippen molar-refractivity contribution in [2.24, 2.45) is 0 Å². The second-order valence-electron chi connectivity index (χ2n) is 5.65. The number of nitrogens with zero attached hydrogens (tertiary/aromatic N) is 1. The third-order valence-corrected chi connectivity index (χ3v) is 7.90. The minimum atomic E-state index is -2.20. The summed E-state index contributed by atoms with van der Waals surface area (Å²) < 4.78 is 0. The Morgan fingerprint density at radius 2 is 1.15 bits per heavy atom. The molecule has 0 aromatic heterocycles. The van der Waals surface area contributed by atoms with E-state index in [2.05, 4.69) is 47.8 Å². The largest absolute Gasteiger partial charge is 0.304 e. The lowest BCUT2D eigenvalue weighted by molar-refractivity contribution is 1.25. The van der Waals surface area contributed by atoms with Gasteiger partial charge in [0.05, 0.1) is 6.04 Å². The van der Waals surface area contributed by atoms with Gasteiger partial charge in [0.1, 0.15) is 0 Å². The van der Waals surface area contributed by atoms with Crippen LogP contribution in [0.1, 0.15) is 0 Å². The van der Waals surface area contributed by atoms with Gasteiger partial charge in [0.25, 0.3) is 0 Å². The van der Waals surface area contributed by atoms with Crippen LogP contribution in [0.4, 0.5) is 5.69 Å². The molecular weight excluding hydrogens is 353 g/mol. The zero-order valence-corrected chi connectivity index (χ0v) is 16.2. The van der Waals surface area contributed by atoms with Crippen LogP contribution in [-0.4, -0.2) is 7.05 Å². The molecule has 0 amide bonds. The average Bonchev–Trinajstić information content (AvgIpc) is 2.73. The first kappa shape index (κ1) is 18.0. The van der Waals surface area contributed by atoms with Crippen molar-refractivity contribution in [3.63, 3.8) is 0 Å². The summed E-state index contributed by atoms with van der Waals surface area (Å²) in [6, 6.07) is 31.1. The van der Waals surface area contributed by atoms with Crippen LogP contribution in [0.2, 0.25) is 0 Å². The van der Waals surface area contributed by atoms with Gasteiger partial charge >= 0.3 is 0 Å². The molecule has 3 aromatic carbocycles. The van der Waals surface area contributed by atoms with E-state index < -0.39 is 6.04 Å². The molecule has 0 fully saturated rings. The summed E-state index contributed by atoms with van der Waals surface area (Å²) in [5.74, 6) is 5.97. The summed E-state index contributed by atoms with van der Waals surface area (Å²) in [6.45, 7) is 0. The molecular formula is C23H18NPS. The number of hydrogen-bond acceptors (Lipinski definition) is 2. The minimum absolute atomic E-state index is 1.03. The first-order chi connectivity index (χ1) is 12.7. The molecule has 26 heavy (non-hydrogen) atoms. The lowest BCUT2D eigenvalue weighted by Crippen LogP contribution is -2.13. The van der Waals surface area contributed by atoms with Crippen molar-refractivity contribution in [3.8, 4) is 23.5 Å². The molecule has 0 spiro atoms. The van der Waals surface area contributed by atoms with Gasteiger partial charge in [0.2, 0.25) is 0 Å². The fourth-order valence-corrected chi connectivity index (χ4v) is 5.31. The Balaban J connectivity index is 1.94. The number of benzene rings is 3. The number of rotatable bonds is 3. The van der Waals surface area contributed by atoms with Gasteiger partial charge in [-0.25, -0.2) is 0 Å². The van der Waals surface area contributed by atoms with E-state index in [9.17, 15) is 0 Å². The molecule has 0 N–H and O–H groups in total. The molecule has 3 aromatic rings. The molecule has 0 atom stereocenters. The highest BCUT2D eigenvalue weighted by molar-refractivity contribution is 8.24. The predicted octanol–water partition coefficient (Wildman–Crippen LogP) is 4.18. The Bertz CT molecular complexity index is 979. The first-order valence-corrected chi connectivity index (χ1v) is 11.0. The standard InChI is InChI=1S/C23H18NPS/c1-24(21-13-5-2-6-14-21)19-11-12-20-25(26,22-15-7-3-8-16-22)23-17-9-4-10-18-23/h2-10,13-18H,1H3. The van der Waals surface area contributed by atoms with Gasteiger partial charge in [-0.1, -0.05) is 90.7 Å².